The smallest absolute Gasteiger partial charge is 0.296 e. The number of aromatic nitrogens is 2. The Morgan fingerprint density at radius 3 is 2.56 bits per heavy atom. The molecule has 1 amide bonds. The Morgan fingerprint density at radius 1 is 1.19 bits per heavy atom. The van der Waals surface area contributed by atoms with E-state index in [4.69, 9.17) is 4.74 Å². The van der Waals surface area contributed by atoms with Gasteiger partial charge >= 0.3 is 0 Å². The second-order valence-corrected chi connectivity index (χ2v) is 8.77. The Balaban J connectivity index is 1.59. The van der Waals surface area contributed by atoms with Gasteiger partial charge in [0.05, 0.1) is 12.7 Å². The molecular weight excluding hydrogens is 467 g/mol. The largest absolute Gasteiger partial charge is 0.501 e. The molecule has 2 heterocycles. The maximum absolute atomic E-state index is 13.1. The Kier molecular flexibility index (Phi) is 7.27. The summed E-state index contributed by atoms with van der Waals surface area (Å²) >= 11 is 0. The van der Waals surface area contributed by atoms with E-state index in [0.29, 0.717) is 18.7 Å². The minimum Gasteiger partial charge on any atom is -0.501 e. The number of hydrogen-bond donors (Lipinski definition) is 3. The summed E-state index contributed by atoms with van der Waals surface area (Å²) in [5, 5.41) is 16.1. The topological polar surface area (TPSA) is 123 Å². The molecule has 10 heteroatoms. The van der Waals surface area contributed by atoms with Crippen LogP contribution in [0.25, 0.3) is 0 Å². The number of amides is 1. The zero-order valence-corrected chi connectivity index (χ0v) is 20.0. The third-order valence-corrected chi connectivity index (χ3v) is 6.32. The minimum absolute atomic E-state index is 0.00976. The maximum Gasteiger partial charge on any atom is 0.296 e. The lowest BCUT2D eigenvalue weighted by atomic mass is 9.90. The van der Waals surface area contributed by atoms with Gasteiger partial charge in [-0.3, -0.25) is 24.3 Å². The Hall–Kier alpha value is -3.89. The van der Waals surface area contributed by atoms with Gasteiger partial charge in [0.1, 0.15) is 17.2 Å². The molecule has 4 rings (SSSR count). The number of ketones is 1. The van der Waals surface area contributed by atoms with E-state index in [9.17, 15) is 23.9 Å². The van der Waals surface area contributed by atoms with Crippen molar-refractivity contribution in [3.05, 3.63) is 93.4 Å². The van der Waals surface area contributed by atoms with Crippen LogP contribution in [-0.4, -0.2) is 39.0 Å². The lowest BCUT2D eigenvalue weighted by Crippen LogP contribution is -2.48. The van der Waals surface area contributed by atoms with Crippen LogP contribution in [0.3, 0.4) is 0 Å². The Labute approximate surface area is 206 Å². The van der Waals surface area contributed by atoms with E-state index in [-0.39, 0.29) is 30.7 Å². The van der Waals surface area contributed by atoms with Crippen molar-refractivity contribution in [1.82, 2.24) is 20.2 Å². The van der Waals surface area contributed by atoms with Crippen molar-refractivity contribution >= 4 is 11.7 Å². The average molecular weight is 495 g/mol. The van der Waals surface area contributed by atoms with Gasteiger partial charge in [-0.25, -0.2) is 9.37 Å². The quantitative estimate of drug-likeness (QED) is 0.437. The van der Waals surface area contributed by atoms with Gasteiger partial charge in [0.25, 0.3) is 11.5 Å². The predicted molar refractivity (Wildman–Crippen MR) is 129 cm³/mol. The van der Waals surface area contributed by atoms with Crippen molar-refractivity contribution in [1.29, 1.82) is 0 Å². The number of hydrogen-bond acceptors (Lipinski definition) is 7. The van der Waals surface area contributed by atoms with Crippen LogP contribution in [0, 0.1) is 5.82 Å². The first-order valence-electron chi connectivity index (χ1n) is 11.5. The Morgan fingerprint density at radius 2 is 1.89 bits per heavy atom. The lowest BCUT2D eigenvalue weighted by Gasteiger charge is -2.28. The van der Waals surface area contributed by atoms with Crippen molar-refractivity contribution in [3.63, 3.8) is 0 Å². The first kappa shape index (κ1) is 25.2. The molecule has 188 valence electrons. The number of nitrogens with one attached hydrogen (secondary N) is 2. The molecule has 2 atom stereocenters. The van der Waals surface area contributed by atoms with Gasteiger partial charge in [0.15, 0.2) is 11.5 Å². The number of rotatable bonds is 8. The average Bonchev–Trinajstić information content (AvgIpc) is 3.32. The summed E-state index contributed by atoms with van der Waals surface area (Å²) in [5.74, 6) is -2.34. The Bertz CT molecular complexity index is 1330. The summed E-state index contributed by atoms with van der Waals surface area (Å²) in [6.45, 7) is 2.07. The van der Waals surface area contributed by atoms with E-state index in [0.717, 1.165) is 10.1 Å². The summed E-state index contributed by atoms with van der Waals surface area (Å²) in [4.78, 5) is 42.8. The molecule has 0 saturated carbocycles. The van der Waals surface area contributed by atoms with Gasteiger partial charge in [-0.15, -0.1) is 0 Å². The molecule has 3 aromatic rings. The number of carbonyl (C=O) groups excluding carboxylic acids is 2. The highest BCUT2D eigenvalue weighted by Gasteiger charge is 2.48. The van der Waals surface area contributed by atoms with Crippen LogP contribution in [0.2, 0.25) is 0 Å². The fourth-order valence-electron chi connectivity index (χ4n) is 4.27. The molecule has 0 unspecified atom stereocenters. The fraction of sp³-hybridized carbons (Fsp3) is 0.308. The highest BCUT2D eigenvalue weighted by molar-refractivity contribution is 5.95. The maximum atomic E-state index is 13.1. The molecule has 1 fully saturated rings. The van der Waals surface area contributed by atoms with Crippen molar-refractivity contribution in [3.8, 4) is 5.75 Å². The number of carbonyl (C=O) groups is 2. The van der Waals surface area contributed by atoms with Crippen LogP contribution < -0.4 is 16.2 Å². The number of Topliss-reactive ketones (excluding diaryl/α,β-unsaturated/α-hetero) is 1. The van der Waals surface area contributed by atoms with E-state index in [1.807, 2.05) is 30.3 Å². The van der Waals surface area contributed by atoms with E-state index >= 15 is 0 Å². The van der Waals surface area contributed by atoms with Crippen molar-refractivity contribution < 1.29 is 23.8 Å². The first-order valence-corrected chi connectivity index (χ1v) is 11.5. The third kappa shape index (κ3) is 5.05. The normalized spacial score (nSPS) is 19.2. The van der Waals surface area contributed by atoms with E-state index in [1.54, 1.807) is 0 Å². The molecule has 0 aliphatic carbocycles. The van der Waals surface area contributed by atoms with Crippen molar-refractivity contribution in [2.24, 2.45) is 7.05 Å². The standard InChI is InChI=1S/C26H27FN4O5/c1-16(32)26(12-20(14-29-26)36-15-18-6-4-3-5-7-18)25-30-21(22(33)24(35)31(25)2)23(34)28-13-17-8-10-19(27)11-9-17/h3-11,20,29,33H,12-15H2,1-2H3,(H,28,34)/t20-,26-/m1/s1. The third-order valence-electron chi connectivity index (χ3n) is 6.32. The van der Waals surface area contributed by atoms with Crippen LogP contribution in [0.5, 0.6) is 5.75 Å². The van der Waals surface area contributed by atoms with Gasteiger partial charge in [-0.05, 0) is 30.2 Å². The summed E-state index contributed by atoms with van der Waals surface area (Å²) in [7, 11) is 1.38. The second kappa shape index (κ2) is 10.4. The molecule has 3 N–H and O–H groups in total. The number of nitrogens with zero attached hydrogens (tertiary/aromatic N) is 2. The van der Waals surface area contributed by atoms with Crippen molar-refractivity contribution in [2.75, 3.05) is 6.54 Å². The van der Waals surface area contributed by atoms with Crippen LogP contribution in [0.1, 0.15) is 40.8 Å². The molecule has 1 aliphatic rings. The SMILES string of the molecule is CC(=O)[C@@]1(c2nc(C(=O)NCc3ccc(F)cc3)c(O)c(=O)n2C)C[C@@H](OCc2ccccc2)CN1. The van der Waals surface area contributed by atoms with Crippen LogP contribution >= 0.6 is 0 Å². The summed E-state index contributed by atoms with van der Waals surface area (Å²) < 4.78 is 20.2. The molecule has 0 bridgehead atoms. The summed E-state index contributed by atoms with van der Waals surface area (Å²) in [6.07, 6.45) is -0.160. The molecule has 9 nitrogen and oxygen atoms in total. The number of ether oxygens (including phenoxy) is 1. The molecule has 1 saturated heterocycles. The van der Waals surface area contributed by atoms with Gasteiger partial charge in [-0.2, -0.15) is 0 Å². The van der Waals surface area contributed by atoms with Crippen molar-refractivity contribution in [2.45, 2.75) is 38.1 Å². The van der Waals surface area contributed by atoms with Crippen LogP contribution in [0.4, 0.5) is 4.39 Å². The molecule has 1 aliphatic heterocycles. The molecule has 0 spiro atoms. The summed E-state index contributed by atoms with van der Waals surface area (Å²) in [5.41, 5.74) is -1.14. The summed E-state index contributed by atoms with van der Waals surface area (Å²) in [6, 6.07) is 15.1. The second-order valence-electron chi connectivity index (χ2n) is 8.77. The highest BCUT2D eigenvalue weighted by Crippen LogP contribution is 2.33. The number of aromatic hydroxyl groups is 1. The lowest BCUT2D eigenvalue weighted by molar-refractivity contribution is -0.124. The first-order chi connectivity index (χ1) is 17.2. The van der Waals surface area contributed by atoms with Gasteiger partial charge in [-0.1, -0.05) is 42.5 Å². The molecule has 36 heavy (non-hydrogen) atoms. The number of benzene rings is 2. The predicted octanol–water partition coefficient (Wildman–Crippen LogP) is 1.92. The molecular formula is C26H27FN4O5. The molecule has 0 radical (unpaired) electrons. The van der Waals surface area contributed by atoms with Gasteiger partial charge < -0.3 is 15.2 Å². The monoisotopic (exact) mass is 494 g/mol. The van der Waals surface area contributed by atoms with E-state index in [2.05, 4.69) is 15.6 Å². The highest BCUT2D eigenvalue weighted by atomic mass is 19.1. The zero-order valence-electron chi connectivity index (χ0n) is 20.0. The van der Waals surface area contributed by atoms with E-state index in [1.165, 1.54) is 38.2 Å². The minimum atomic E-state index is -1.38. The molecule has 1 aromatic heterocycles. The van der Waals surface area contributed by atoms with Gasteiger partial charge in [0.2, 0.25) is 5.75 Å². The van der Waals surface area contributed by atoms with Crippen LogP contribution in [-0.2, 0) is 35.3 Å². The molecule has 2 aromatic carbocycles. The van der Waals surface area contributed by atoms with E-state index < -0.39 is 34.3 Å². The fourth-order valence-corrected chi connectivity index (χ4v) is 4.27. The van der Waals surface area contributed by atoms with Gasteiger partial charge in [0, 0.05) is 26.6 Å². The number of halogens is 1. The van der Waals surface area contributed by atoms with Crippen LogP contribution in [0.15, 0.2) is 59.4 Å². The zero-order chi connectivity index (χ0) is 25.9.